The molecule has 154 valence electrons. The van der Waals surface area contributed by atoms with Crippen LogP contribution in [0.25, 0.3) is 0 Å². The van der Waals surface area contributed by atoms with Crippen molar-refractivity contribution in [3.05, 3.63) is 47.2 Å². The molecule has 28 heavy (non-hydrogen) atoms. The smallest absolute Gasteiger partial charge is 0.336 e. The molecule has 2 aliphatic heterocycles. The van der Waals surface area contributed by atoms with Crippen molar-refractivity contribution in [1.29, 1.82) is 0 Å². The molecule has 4 atom stereocenters. The Bertz CT molecular complexity index is 767. The Kier molecular flexibility index (Phi) is 7.05. The molecule has 1 aromatic carbocycles. The number of benzene rings is 1. The fourth-order valence-corrected chi connectivity index (χ4v) is 5.26. The monoisotopic (exact) mass is 427 g/mol. The predicted molar refractivity (Wildman–Crippen MR) is 111 cm³/mol. The molecule has 0 N–H and O–H groups in total. The maximum atomic E-state index is 13.0. The van der Waals surface area contributed by atoms with Crippen molar-refractivity contribution in [2.24, 2.45) is 5.92 Å². The van der Waals surface area contributed by atoms with Gasteiger partial charge in [0.2, 0.25) is 0 Å². The lowest BCUT2D eigenvalue weighted by atomic mass is 9.63. The molecule has 0 saturated carbocycles. The molecule has 1 unspecified atom stereocenters. The van der Waals surface area contributed by atoms with Gasteiger partial charge in [-0.1, -0.05) is 30.3 Å². The number of carbonyl (C=O) groups is 2. The summed E-state index contributed by atoms with van der Waals surface area (Å²) in [4.78, 5) is 27.9. The topological polar surface area (TPSA) is 55.8 Å². The number of allylic oxidation sites excluding steroid dienone is 1. The Labute approximate surface area is 177 Å². The van der Waals surface area contributed by atoms with E-state index in [1.807, 2.05) is 37.3 Å². The van der Waals surface area contributed by atoms with Gasteiger partial charge in [-0.2, -0.15) is 0 Å². The van der Waals surface area contributed by atoms with Crippen molar-refractivity contribution in [3.8, 4) is 0 Å². The number of fused-ring (bicyclic) bond motifs is 1. The Morgan fingerprint density at radius 1 is 1.18 bits per heavy atom. The third-order valence-corrected chi connectivity index (χ3v) is 6.42. The maximum absolute atomic E-state index is 13.0. The van der Waals surface area contributed by atoms with Crippen LogP contribution in [-0.4, -0.2) is 48.5 Å². The summed E-state index contributed by atoms with van der Waals surface area (Å²) in [5.41, 5.74) is 1.72. The van der Waals surface area contributed by atoms with E-state index in [2.05, 4.69) is 11.8 Å². The van der Waals surface area contributed by atoms with Gasteiger partial charge in [-0.05, 0) is 32.3 Å². The molecular weight excluding hydrogens is 401 g/mol. The minimum Gasteiger partial charge on any atom is -0.469 e. The molecule has 7 heteroatoms. The normalized spacial score (nSPS) is 29.5. The van der Waals surface area contributed by atoms with Gasteiger partial charge in [-0.15, -0.1) is 24.0 Å². The second-order valence-corrected chi connectivity index (χ2v) is 8.10. The van der Waals surface area contributed by atoms with Gasteiger partial charge in [0.1, 0.15) is 0 Å². The molecule has 1 fully saturated rings. The average molecular weight is 428 g/mol. The largest absolute Gasteiger partial charge is 0.469 e. The first-order chi connectivity index (χ1) is 12.8. The zero-order valence-electron chi connectivity index (χ0n) is 16.6. The highest BCUT2D eigenvalue weighted by Gasteiger charge is 2.57. The molecule has 0 aliphatic carbocycles. The Hall–Kier alpha value is -1.72. The highest BCUT2D eigenvalue weighted by atomic mass is 35.5. The lowest BCUT2D eigenvalue weighted by Crippen LogP contribution is -2.62. The third kappa shape index (κ3) is 3.62. The van der Waals surface area contributed by atoms with Crippen LogP contribution >= 0.6 is 24.0 Å². The van der Waals surface area contributed by atoms with E-state index >= 15 is 0 Å². The van der Waals surface area contributed by atoms with Gasteiger partial charge in [0.15, 0.2) is 0 Å². The van der Waals surface area contributed by atoms with Crippen LogP contribution in [0.5, 0.6) is 0 Å². The summed E-state index contributed by atoms with van der Waals surface area (Å²) in [5.74, 6) is -1.76. The fourth-order valence-electron chi connectivity index (χ4n) is 4.85. The summed E-state index contributed by atoms with van der Waals surface area (Å²) >= 11 is 6.52. The second-order valence-electron chi connectivity index (χ2n) is 7.48. The van der Waals surface area contributed by atoms with Crippen molar-refractivity contribution in [3.63, 3.8) is 0 Å². The molecule has 5 nitrogen and oxygen atoms in total. The Morgan fingerprint density at radius 2 is 1.82 bits per heavy atom. The third-order valence-electron chi connectivity index (χ3n) is 6.05. The summed E-state index contributed by atoms with van der Waals surface area (Å²) in [6, 6.07) is 9.62. The predicted octanol–water partition coefficient (Wildman–Crippen LogP) is 3.90. The Morgan fingerprint density at radius 3 is 2.39 bits per heavy atom. The van der Waals surface area contributed by atoms with Crippen molar-refractivity contribution in [2.75, 3.05) is 20.8 Å². The van der Waals surface area contributed by atoms with Gasteiger partial charge in [0.25, 0.3) is 0 Å². The highest BCUT2D eigenvalue weighted by Crippen LogP contribution is 2.52. The van der Waals surface area contributed by atoms with E-state index in [1.54, 1.807) is 0 Å². The van der Waals surface area contributed by atoms with Crippen LogP contribution < -0.4 is 0 Å². The molecule has 0 spiro atoms. The maximum Gasteiger partial charge on any atom is 0.336 e. The van der Waals surface area contributed by atoms with Gasteiger partial charge >= 0.3 is 11.9 Å². The summed E-state index contributed by atoms with van der Waals surface area (Å²) in [7, 11) is 2.76. The highest BCUT2D eigenvalue weighted by molar-refractivity contribution is 6.20. The number of ether oxygens (including phenoxy) is 2. The molecule has 0 radical (unpaired) electrons. The number of piperidine rings is 1. The van der Waals surface area contributed by atoms with Gasteiger partial charge in [0.05, 0.1) is 31.2 Å². The first-order valence-electron chi connectivity index (χ1n) is 9.18. The van der Waals surface area contributed by atoms with Crippen LogP contribution in [0.3, 0.4) is 0 Å². The first-order valence-corrected chi connectivity index (χ1v) is 9.62. The molecule has 0 bridgehead atoms. The number of hydrogen-bond donors (Lipinski definition) is 0. The van der Waals surface area contributed by atoms with Gasteiger partial charge in [-0.3, -0.25) is 4.79 Å². The fraction of sp³-hybridized carbons (Fsp3) is 0.524. The summed E-state index contributed by atoms with van der Waals surface area (Å²) < 4.78 is 10.3. The average Bonchev–Trinajstić information content (AvgIpc) is 2.66. The van der Waals surface area contributed by atoms with Crippen LogP contribution in [0, 0.1) is 5.92 Å². The van der Waals surface area contributed by atoms with Gasteiger partial charge in [-0.25, -0.2) is 4.79 Å². The second kappa shape index (κ2) is 8.75. The van der Waals surface area contributed by atoms with Crippen molar-refractivity contribution in [1.82, 2.24) is 4.90 Å². The number of rotatable bonds is 3. The molecule has 0 aromatic heterocycles. The number of methoxy groups -OCH3 is 2. The molecule has 3 rings (SSSR count). The van der Waals surface area contributed by atoms with E-state index < -0.39 is 23.3 Å². The number of esters is 2. The van der Waals surface area contributed by atoms with Gasteiger partial charge < -0.3 is 14.4 Å². The van der Waals surface area contributed by atoms with E-state index in [4.69, 9.17) is 21.1 Å². The van der Waals surface area contributed by atoms with Crippen molar-refractivity contribution in [2.45, 2.75) is 43.5 Å². The summed E-state index contributed by atoms with van der Waals surface area (Å²) in [6.07, 6.45) is 1.44. The lowest BCUT2D eigenvalue weighted by molar-refractivity contribution is -0.154. The van der Waals surface area contributed by atoms with E-state index in [9.17, 15) is 9.59 Å². The molecule has 1 aromatic rings. The number of hydrogen-bond acceptors (Lipinski definition) is 5. The molecule has 2 heterocycles. The number of nitrogens with zero attached hydrogens (tertiary/aromatic N) is 1. The zero-order valence-corrected chi connectivity index (χ0v) is 18.2. The van der Waals surface area contributed by atoms with Crippen LogP contribution in [0.1, 0.15) is 38.2 Å². The molecule has 0 amide bonds. The number of carbonyl (C=O) groups excluding carboxylic acids is 2. The minimum absolute atomic E-state index is 0. The minimum atomic E-state index is -0.566. The summed E-state index contributed by atoms with van der Waals surface area (Å²) in [6.45, 7) is 4.67. The number of alkyl halides is 1. The van der Waals surface area contributed by atoms with Crippen LogP contribution in [-0.2, 0) is 19.1 Å². The van der Waals surface area contributed by atoms with E-state index in [0.29, 0.717) is 18.5 Å². The quantitative estimate of drug-likeness (QED) is 0.540. The number of halogens is 2. The summed E-state index contributed by atoms with van der Waals surface area (Å²) in [5, 5.41) is -0.0256. The van der Waals surface area contributed by atoms with E-state index in [0.717, 1.165) is 17.7 Å². The van der Waals surface area contributed by atoms with Gasteiger partial charge in [0, 0.05) is 23.5 Å². The standard InChI is InChI=1S/C21H26ClNO4.ClH/c1-13-16(19(24)26-3)17(14-8-6-5-7-9-14)18(20(25)27-4)21(2)12-15(22)10-11-23(13)21;/h5-9,15,17-18H,10-12H2,1-4H3;1H/t15-,17?,18-,21+;/m0./s1. The van der Waals surface area contributed by atoms with Crippen molar-refractivity contribution < 1.29 is 19.1 Å². The lowest BCUT2D eigenvalue weighted by Gasteiger charge is -2.56. The molecule has 1 saturated heterocycles. The van der Waals surface area contributed by atoms with E-state index in [-0.39, 0.29) is 23.8 Å². The molecular formula is C21H27Cl2NO4. The first kappa shape index (κ1) is 22.6. The van der Waals surface area contributed by atoms with Crippen LogP contribution in [0.2, 0.25) is 0 Å². The van der Waals surface area contributed by atoms with Crippen molar-refractivity contribution >= 4 is 35.9 Å². The van der Waals surface area contributed by atoms with Crippen LogP contribution in [0.15, 0.2) is 41.6 Å². The zero-order chi connectivity index (χ0) is 19.8. The molecule has 2 aliphatic rings. The van der Waals surface area contributed by atoms with Crippen LogP contribution in [0.4, 0.5) is 0 Å². The Balaban J connectivity index is 0.00000280. The van der Waals surface area contributed by atoms with E-state index in [1.165, 1.54) is 14.2 Å². The SMILES string of the molecule is COC(=O)C1=C(C)N2CC[C@H](Cl)C[C@]2(C)[C@H](C(=O)OC)C1c1ccccc1.Cl.